The molecule has 3 rings (SSSR count). The number of aromatic nitrogens is 1. The smallest absolute Gasteiger partial charge is 0.0859 e. The summed E-state index contributed by atoms with van der Waals surface area (Å²) >= 11 is 1.78. The molecule has 1 N–H and O–H groups in total. The Labute approximate surface area is 122 Å². The molecule has 1 atom stereocenters. The summed E-state index contributed by atoms with van der Waals surface area (Å²) in [5.74, 6) is 0. The molecular formula is C17H17NOS. The van der Waals surface area contributed by atoms with E-state index < -0.39 is 6.10 Å². The van der Waals surface area contributed by atoms with Crippen LogP contribution in [-0.4, -0.2) is 10.1 Å². The maximum atomic E-state index is 10.5. The number of aliphatic hydroxyl groups is 1. The number of hydrogen-bond acceptors (Lipinski definition) is 3. The second kappa shape index (κ2) is 5.73. The van der Waals surface area contributed by atoms with Crippen LogP contribution in [0.4, 0.5) is 0 Å². The Morgan fingerprint density at radius 2 is 1.90 bits per heavy atom. The maximum Gasteiger partial charge on any atom is 0.0859 e. The van der Waals surface area contributed by atoms with Crippen LogP contribution < -0.4 is 0 Å². The van der Waals surface area contributed by atoms with Crippen molar-refractivity contribution in [2.24, 2.45) is 0 Å². The quantitative estimate of drug-likeness (QED) is 0.781. The molecule has 0 aliphatic rings. The van der Waals surface area contributed by atoms with E-state index in [-0.39, 0.29) is 0 Å². The molecule has 0 aliphatic carbocycles. The number of thiophene rings is 1. The molecule has 3 heteroatoms. The van der Waals surface area contributed by atoms with E-state index in [2.05, 4.69) is 24.0 Å². The van der Waals surface area contributed by atoms with Crippen LogP contribution >= 0.6 is 11.3 Å². The predicted molar refractivity (Wildman–Crippen MR) is 84.1 cm³/mol. The maximum absolute atomic E-state index is 10.5. The monoisotopic (exact) mass is 283 g/mol. The third kappa shape index (κ3) is 2.60. The van der Waals surface area contributed by atoms with Gasteiger partial charge in [-0.15, -0.1) is 11.3 Å². The van der Waals surface area contributed by atoms with E-state index in [0.717, 1.165) is 22.8 Å². The molecule has 0 saturated heterocycles. The molecule has 0 spiro atoms. The van der Waals surface area contributed by atoms with Crippen molar-refractivity contribution < 1.29 is 5.11 Å². The van der Waals surface area contributed by atoms with Crippen LogP contribution in [0.2, 0.25) is 0 Å². The highest BCUT2D eigenvalue weighted by Crippen LogP contribution is 2.28. The number of nitrogens with zero attached hydrogens (tertiary/aromatic N) is 1. The van der Waals surface area contributed by atoms with Gasteiger partial charge in [0, 0.05) is 39.5 Å². The van der Waals surface area contributed by atoms with Crippen LogP contribution in [0.1, 0.15) is 28.3 Å². The van der Waals surface area contributed by atoms with Crippen molar-refractivity contribution in [3.63, 3.8) is 0 Å². The zero-order valence-electron chi connectivity index (χ0n) is 11.4. The van der Waals surface area contributed by atoms with Crippen LogP contribution in [0.5, 0.6) is 0 Å². The van der Waals surface area contributed by atoms with Crippen molar-refractivity contribution in [1.29, 1.82) is 0 Å². The topological polar surface area (TPSA) is 33.1 Å². The normalized spacial score (nSPS) is 12.7. The van der Waals surface area contributed by atoms with Gasteiger partial charge in [0.25, 0.3) is 0 Å². The number of fused-ring (bicyclic) bond motifs is 1. The Bertz CT molecular complexity index is 714. The molecule has 0 radical (unpaired) electrons. The summed E-state index contributed by atoms with van der Waals surface area (Å²) < 4.78 is 0. The molecule has 2 aromatic heterocycles. The number of pyridine rings is 1. The average molecular weight is 283 g/mol. The molecule has 102 valence electrons. The Hall–Kier alpha value is -1.71. The lowest BCUT2D eigenvalue weighted by molar-refractivity contribution is 0.180. The summed E-state index contributed by atoms with van der Waals surface area (Å²) in [6.45, 7) is 2.15. The van der Waals surface area contributed by atoms with Gasteiger partial charge in [0.15, 0.2) is 0 Å². The predicted octanol–water partition coefficient (Wildman–Crippen LogP) is 4.13. The third-order valence-electron chi connectivity index (χ3n) is 3.52. The zero-order valence-corrected chi connectivity index (χ0v) is 12.2. The highest BCUT2D eigenvalue weighted by atomic mass is 32.1. The summed E-state index contributed by atoms with van der Waals surface area (Å²) in [5, 5.41) is 12.7. The summed E-state index contributed by atoms with van der Waals surface area (Å²) in [4.78, 5) is 6.83. The van der Waals surface area contributed by atoms with E-state index in [4.69, 9.17) is 0 Å². The van der Waals surface area contributed by atoms with Crippen LogP contribution in [0.3, 0.4) is 0 Å². The Morgan fingerprint density at radius 3 is 2.70 bits per heavy atom. The molecule has 0 saturated carbocycles. The van der Waals surface area contributed by atoms with Crippen LogP contribution in [0.15, 0.2) is 48.8 Å². The minimum absolute atomic E-state index is 0.503. The van der Waals surface area contributed by atoms with Crippen molar-refractivity contribution >= 4 is 22.1 Å². The van der Waals surface area contributed by atoms with Crippen molar-refractivity contribution in [1.82, 2.24) is 4.98 Å². The summed E-state index contributed by atoms with van der Waals surface area (Å²) in [7, 11) is 0. The van der Waals surface area contributed by atoms with E-state index in [1.165, 1.54) is 9.75 Å². The Morgan fingerprint density at radius 1 is 1.10 bits per heavy atom. The van der Waals surface area contributed by atoms with Crippen molar-refractivity contribution in [3.8, 4) is 0 Å². The zero-order chi connectivity index (χ0) is 13.9. The van der Waals surface area contributed by atoms with Gasteiger partial charge in [0.05, 0.1) is 6.10 Å². The third-order valence-corrected chi connectivity index (χ3v) is 4.77. The highest BCUT2D eigenvalue weighted by Gasteiger charge is 2.13. The van der Waals surface area contributed by atoms with E-state index in [0.29, 0.717) is 6.42 Å². The van der Waals surface area contributed by atoms with Gasteiger partial charge >= 0.3 is 0 Å². The largest absolute Gasteiger partial charge is 0.388 e. The second-order valence-corrected chi connectivity index (χ2v) is 6.14. The second-order valence-electron chi connectivity index (χ2n) is 4.89. The molecule has 0 bridgehead atoms. The fourth-order valence-corrected chi connectivity index (χ4v) is 3.42. The SMILES string of the molecule is CCc1ccc(CC(O)c2cncc3ccccc23)s1. The lowest BCUT2D eigenvalue weighted by Gasteiger charge is -2.12. The van der Waals surface area contributed by atoms with Crippen molar-refractivity contribution in [2.45, 2.75) is 25.9 Å². The average Bonchev–Trinajstić information content (AvgIpc) is 2.94. The highest BCUT2D eigenvalue weighted by molar-refractivity contribution is 7.11. The van der Waals surface area contributed by atoms with Crippen LogP contribution in [0.25, 0.3) is 10.8 Å². The van der Waals surface area contributed by atoms with Gasteiger partial charge in [-0.25, -0.2) is 0 Å². The molecule has 1 unspecified atom stereocenters. The first kappa shape index (κ1) is 13.3. The fourth-order valence-electron chi connectivity index (χ4n) is 2.43. The summed E-state index contributed by atoms with van der Waals surface area (Å²) in [5.41, 5.74) is 0.912. The van der Waals surface area contributed by atoms with E-state index in [1.54, 1.807) is 17.5 Å². The molecule has 0 aliphatic heterocycles. The summed E-state index contributed by atoms with van der Waals surface area (Å²) in [6, 6.07) is 12.3. The standard InChI is InChI=1S/C17H17NOS/c1-2-13-7-8-14(20-13)9-17(19)16-11-18-10-12-5-3-4-6-15(12)16/h3-8,10-11,17,19H,2,9H2,1H3. The number of rotatable bonds is 4. The first-order valence-electron chi connectivity index (χ1n) is 6.86. The van der Waals surface area contributed by atoms with Crippen LogP contribution in [0, 0.1) is 0 Å². The fraction of sp³-hybridized carbons (Fsp3) is 0.235. The first-order valence-corrected chi connectivity index (χ1v) is 7.68. The number of aliphatic hydroxyl groups excluding tert-OH is 1. The first-order chi connectivity index (χ1) is 9.78. The lowest BCUT2D eigenvalue weighted by atomic mass is 10.0. The lowest BCUT2D eigenvalue weighted by Crippen LogP contribution is -2.02. The van der Waals surface area contributed by atoms with Gasteiger partial charge in [0.2, 0.25) is 0 Å². The number of benzene rings is 1. The van der Waals surface area contributed by atoms with E-state index >= 15 is 0 Å². The molecular weight excluding hydrogens is 266 g/mol. The van der Waals surface area contributed by atoms with E-state index in [1.807, 2.05) is 30.5 Å². The van der Waals surface area contributed by atoms with Gasteiger partial charge in [-0.3, -0.25) is 4.98 Å². The van der Waals surface area contributed by atoms with Gasteiger partial charge in [-0.2, -0.15) is 0 Å². The van der Waals surface area contributed by atoms with Crippen LogP contribution in [-0.2, 0) is 12.8 Å². The minimum Gasteiger partial charge on any atom is -0.388 e. The Balaban J connectivity index is 1.90. The molecule has 0 fully saturated rings. The minimum atomic E-state index is -0.503. The van der Waals surface area contributed by atoms with Gasteiger partial charge in [0.1, 0.15) is 0 Å². The molecule has 1 aromatic carbocycles. The molecule has 2 heterocycles. The molecule has 2 nitrogen and oxygen atoms in total. The van der Waals surface area contributed by atoms with Gasteiger partial charge in [-0.05, 0) is 23.9 Å². The molecule has 3 aromatic rings. The molecule has 20 heavy (non-hydrogen) atoms. The van der Waals surface area contributed by atoms with Gasteiger partial charge in [-0.1, -0.05) is 31.2 Å². The van der Waals surface area contributed by atoms with Crippen molar-refractivity contribution in [3.05, 3.63) is 64.1 Å². The molecule has 0 amide bonds. The van der Waals surface area contributed by atoms with Gasteiger partial charge < -0.3 is 5.11 Å². The Kier molecular flexibility index (Phi) is 3.81. The van der Waals surface area contributed by atoms with E-state index in [9.17, 15) is 5.11 Å². The number of aryl methyl sites for hydroxylation is 1. The number of hydrogen-bond donors (Lipinski definition) is 1. The van der Waals surface area contributed by atoms with Crippen molar-refractivity contribution in [2.75, 3.05) is 0 Å². The summed E-state index contributed by atoms with van der Waals surface area (Å²) in [6.07, 6.45) is 4.82.